The van der Waals surface area contributed by atoms with Crippen LogP contribution in [0.3, 0.4) is 0 Å². The normalized spacial score (nSPS) is 15.5. The second-order valence-electron chi connectivity index (χ2n) is 6.01. The molecule has 2 rings (SSSR count). The molecule has 0 bridgehead atoms. The number of nitrogens with zero attached hydrogens (tertiary/aromatic N) is 1. The van der Waals surface area contributed by atoms with Crippen LogP contribution in [0.2, 0.25) is 0 Å². The molecule has 0 spiro atoms. The summed E-state index contributed by atoms with van der Waals surface area (Å²) in [6, 6.07) is 0. The van der Waals surface area contributed by atoms with E-state index in [1.165, 1.54) is 29.9 Å². The summed E-state index contributed by atoms with van der Waals surface area (Å²) >= 11 is 1.04. The molecule has 132 valence electrons. The zero-order chi connectivity index (χ0) is 17.5. The van der Waals surface area contributed by atoms with E-state index < -0.39 is 12.1 Å². The summed E-state index contributed by atoms with van der Waals surface area (Å²) in [6.07, 6.45) is 6.92. The molecule has 6 nitrogen and oxygen atoms in total. The predicted octanol–water partition coefficient (Wildman–Crippen LogP) is 2.16. The van der Waals surface area contributed by atoms with E-state index in [1.807, 2.05) is 0 Å². The summed E-state index contributed by atoms with van der Waals surface area (Å²) in [4.78, 5) is 35.2. The minimum Gasteiger partial charge on any atom is -0.451 e. The van der Waals surface area contributed by atoms with Gasteiger partial charge in [0.15, 0.2) is 6.10 Å². The Kier molecular flexibility index (Phi) is 6.78. The fourth-order valence-electron chi connectivity index (χ4n) is 2.63. The molecule has 1 N–H and O–H groups in total. The number of amides is 1. The average molecular weight is 352 g/mol. The fraction of sp³-hybridized carbons (Fsp3) is 0.588. The molecular formula is C17H24N2O4S. The number of ether oxygens (including phenoxy) is 1. The van der Waals surface area contributed by atoms with Crippen molar-refractivity contribution in [2.45, 2.75) is 58.6 Å². The molecular weight excluding hydrogens is 328 g/mol. The standard InChI is InChI=1S/C17H24N2O4S/c1-12-11-24-17(22)19(12)10-15(20)23-13(2)16(21)18-9-8-14-6-4-3-5-7-14/h6,11,13H,3-5,7-10H2,1-2H3,(H,18,21)/t13-/m1/s1. The maximum Gasteiger partial charge on any atom is 0.326 e. The van der Waals surface area contributed by atoms with E-state index in [0.717, 1.165) is 30.6 Å². The van der Waals surface area contributed by atoms with Gasteiger partial charge in [-0.25, -0.2) is 0 Å². The van der Waals surface area contributed by atoms with Crippen LogP contribution in [-0.4, -0.2) is 29.1 Å². The average Bonchev–Trinajstić information content (AvgIpc) is 2.87. The zero-order valence-corrected chi connectivity index (χ0v) is 15.0. The van der Waals surface area contributed by atoms with Crippen molar-refractivity contribution in [2.24, 2.45) is 0 Å². The van der Waals surface area contributed by atoms with E-state index in [1.54, 1.807) is 12.3 Å². The lowest BCUT2D eigenvalue weighted by atomic mass is 9.97. The second kappa shape index (κ2) is 8.82. The van der Waals surface area contributed by atoms with Gasteiger partial charge in [-0.1, -0.05) is 23.0 Å². The third-order valence-electron chi connectivity index (χ3n) is 4.07. The molecule has 24 heavy (non-hydrogen) atoms. The highest BCUT2D eigenvalue weighted by atomic mass is 32.1. The Morgan fingerprint density at radius 1 is 1.42 bits per heavy atom. The Hall–Kier alpha value is -1.89. The lowest BCUT2D eigenvalue weighted by Crippen LogP contribution is -2.37. The summed E-state index contributed by atoms with van der Waals surface area (Å²) in [7, 11) is 0. The Balaban J connectivity index is 1.73. The summed E-state index contributed by atoms with van der Waals surface area (Å²) in [5.41, 5.74) is 2.10. The van der Waals surface area contributed by atoms with Crippen molar-refractivity contribution in [1.29, 1.82) is 0 Å². The van der Waals surface area contributed by atoms with Crippen molar-refractivity contribution in [3.63, 3.8) is 0 Å². The molecule has 1 heterocycles. The number of nitrogens with one attached hydrogen (secondary N) is 1. The number of hydrogen-bond acceptors (Lipinski definition) is 5. The summed E-state index contributed by atoms with van der Waals surface area (Å²) < 4.78 is 6.46. The Morgan fingerprint density at radius 3 is 2.83 bits per heavy atom. The minimum atomic E-state index is -0.868. The van der Waals surface area contributed by atoms with Gasteiger partial charge in [-0.15, -0.1) is 0 Å². The molecule has 0 unspecified atom stereocenters. The van der Waals surface area contributed by atoms with Gasteiger partial charge < -0.3 is 10.1 Å². The van der Waals surface area contributed by atoms with Gasteiger partial charge in [0.1, 0.15) is 6.54 Å². The topological polar surface area (TPSA) is 77.4 Å². The molecule has 7 heteroatoms. The number of esters is 1. The minimum absolute atomic E-state index is 0.168. The van der Waals surface area contributed by atoms with Gasteiger partial charge in [-0.05, 0) is 46.0 Å². The van der Waals surface area contributed by atoms with E-state index in [4.69, 9.17) is 4.74 Å². The number of hydrogen-bond donors (Lipinski definition) is 1. The quantitative estimate of drug-likeness (QED) is 0.602. The summed E-state index contributed by atoms with van der Waals surface area (Å²) in [5, 5.41) is 4.48. The summed E-state index contributed by atoms with van der Waals surface area (Å²) in [5.74, 6) is -0.898. The summed E-state index contributed by atoms with van der Waals surface area (Å²) in [6.45, 7) is 3.67. The van der Waals surface area contributed by atoms with Gasteiger partial charge in [0.25, 0.3) is 5.91 Å². The van der Waals surface area contributed by atoms with E-state index in [2.05, 4.69) is 11.4 Å². The van der Waals surface area contributed by atoms with Gasteiger partial charge in [-0.2, -0.15) is 0 Å². The number of carbonyl (C=O) groups is 2. The highest BCUT2D eigenvalue weighted by Crippen LogP contribution is 2.19. The third kappa shape index (κ3) is 5.33. The molecule has 1 aromatic heterocycles. The van der Waals surface area contributed by atoms with E-state index in [-0.39, 0.29) is 17.3 Å². The fourth-order valence-corrected chi connectivity index (χ4v) is 3.37. The van der Waals surface area contributed by atoms with Crippen LogP contribution in [-0.2, 0) is 20.9 Å². The molecule has 1 amide bonds. The van der Waals surface area contributed by atoms with Gasteiger partial charge >= 0.3 is 10.8 Å². The molecule has 0 fully saturated rings. The molecule has 1 aliphatic carbocycles. The number of carbonyl (C=O) groups excluding carboxylic acids is 2. The number of thiazole rings is 1. The largest absolute Gasteiger partial charge is 0.451 e. The number of aryl methyl sites for hydroxylation is 1. The highest BCUT2D eigenvalue weighted by molar-refractivity contribution is 7.07. The van der Waals surface area contributed by atoms with Crippen molar-refractivity contribution in [3.8, 4) is 0 Å². The van der Waals surface area contributed by atoms with Gasteiger partial charge in [0.05, 0.1) is 0 Å². The molecule has 1 aliphatic rings. The van der Waals surface area contributed by atoms with Crippen molar-refractivity contribution < 1.29 is 14.3 Å². The van der Waals surface area contributed by atoms with Crippen LogP contribution in [0.5, 0.6) is 0 Å². The Morgan fingerprint density at radius 2 is 2.21 bits per heavy atom. The molecule has 0 saturated carbocycles. The van der Waals surface area contributed by atoms with E-state index in [9.17, 15) is 14.4 Å². The van der Waals surface area contributed by atoms with Crippen molar-refractivity contribution in [1.82, 2.24) is 9.88 Å². The van der Waals surface area contributed by atoms with Gasteiger partial charge in [0.2, 0.25) is 0 Å². The lowest BCUT2D eigenvalue weighted by Gasteiger charge is -2.16. The Labute approximate surface area is 145 Å². The van der Waals surface area contributed by atoms with Crippen LogP contribution >= 0.6 is 11.3 Å². The lowest BCUT2D eigenvalue weighted by molar-refractivity contribution is -0.155. The highest BCUT2D eigenvalue weighted by Gasteiger charge is 2.18. The van der Waals surface area contributed by atoms with Crippen LogP contribution in [0.4, 0.5) is 0 Å². The first-order valence-corrected chi connectivity index (χ1v) is 9.15. The van der Waals surface area contributed by atoms with Crippen LogP contribution in [0.15, 0.2) is 21.8 Å². The first kappa shape index (κ1) is 18.4. The number of allylic oxidation sites excluding steroid dienone is 1. The molecule has 1 atom stereocenters. The second-order valence-corrected chi connectivity index (χ2v) is 6.83. The van der Waals surface area contributed by atoms with E-state index >= 15 is 0 Å². The zero-order valence-electron chi connectivity index (χ0n) is 14.2. The predicted molar refractivity (Wildman–Crippen MR) is 93.0 cm³/mol. The SMILES string of the molecule is Cc1csc(=O)n1CC(=O)O[C@H](C)C(=O)NCCC1=CCCCC1. The van der Waals surface area contributed by atoms with Crippen LogP contribution < -0.4 is 10.2 Å². The van der Waals surface area contributed by atoms with Crippen molar-refractivity contribution >= 4 is 23.2 Å². The number of rotatable bonds is 7. The van der Waals surface area contributed by atoms with Gasteiger partial charge in [-0.3, -0.25) is 19.0 Å². The maximum atomic E-state index is 12.0. The number of aromatic nitrogens is 1. The molecule has 0 aliphatic heterocycles. The van der Waals surface area contributed by atoms with Gasteiger partial charge in [0, 0.05) is 17.6 Å². The molecule has 0 radical (unpaired) electrons. The monoisotopic (exact) mass is 352 g/mol. The molecule has 0 aromatic carbocycles. The van der Waals surface area contributed by atoms with Crippen LogP contribution in [0, 0.1) is 6.92 Å². The first-order chi connectivity index (χ1) is 11.5. The smallest absolute Gasteiger partial charge is 0.326 e. The third-order valence-corrected chi connectivity index (χ3v) is 4.95. The van der Waals surface area contributed by atoms with Crippen LogP contribution in [0.1, 0.15) is 44.7 Å². The van der Waals surface area contributed by atoms with Crippen LogP contribution in [0.25, 0.3) is 0 Å². The van der Waals surface area contributed by atoms with Crippen molar-refractivity contribution in [3.05, 3.63) is 32.4 Å². The Bertz CT molecular complexity index is 674. The first-order valence-electron chi connectivity index (χ1n) is 8.27. The van der Waals surface area contributed by atoms with E-state index in [0.29, 0.717) is 12.2 Å². The molecule has 1 aromatic rings. The molecule has 0 saturated heterocycles. The maximum absolute atomic E-state index is 12.0. The van der Waals surface area contributed by atoms with Crippen molar-refractivity contribution in [2.75, 3.05) is 6.54 Å².